The molecule has 4 rings (SSSR count). The Morgan fingerprint density at radius 1 is 0.791 bits per heavy atom. The standard InChI is InChI=1S/C33H33Cl2N3O4S/c1-24(2)36-33(40)31(21-25-11-5-3-6-12-25)37(22-26-13-9-10-16-30(26)35)32(39)23-38(28-19-17-27(34)18-20-28)43(41,42)29-14-7-4-8-15-29/h3-20,24,31H,21-23H2,1-2H3,(H,36,40). The van der Waals surface area contributed by atoms with Crippen molar-refractivity contribution >= 4 is 50.7 Å². The van der Waals surface area contributed by atoms with Gasteiger partial charge in [-0.15, -0.1) is 0 Å². The van der Waals surface area contributed by atoms with Gasteiger partial charge in [0.2, 0.25) is 11.8 Å². The monoisotopic (exact) mass is 637 g/mol. The van der Waals surface area contributed by atoms with E-state index < -0.39 is 28.5 Å². The summed E-state index contributed by atoms with van der Waals surface area (Å²) in [6.45, 7) is 3.10. The van der Waals surface area contributed by atoms with Gasteiger partial charge in [-0.1, -0.05) is 89.9 Å². The van der Waals surface area contributed by atoms with Crippen LogP contribution in [0.2, 0.25) is 10.0 Å². The molecule has 0 aliphatic carbocycles. The van der Waals surface area contributed by atoms with E-state index in [1.165, 1.54) is 17.0 Å². The predicted molar refractivity (Wildman–Crippen MR) is 172 cm³/mol. The van der Waals surface area contributed by atoms with Gasteiger partial charge in [0.25, 0.3) is 10.0 Å². The normalized spacial score (nSPS) is 12.0. The van der Waals surface area contributed by atoms with Crippen LogP contribution in [0.5, 0.6) is 0 Å². The van der Waals surface area contributed by atoms with E-state index in [1.54, 1.807) is 66.7 Å². The van der Waals surface area contributed by atoms with Crippen molar-refractivity contribution in [1.29, 1.82) is 0 Å². The number of halogens is 2. The molecule has 0 aliphatic heterocycles. The molecule has 0 aliphatic rings. The van der Waals surface area contributed by atoms with Gasteiger partial charge in [-0.2, -0.15) is 0 Å². The van der Waals surface area contributed by atoms with Crippen molar-refractivity contribution < 1.29 is 18.0 Å². The summed E-state index contributed by atoms with van der Waals surface area (Å²) >= 11 is 12.6. The van der Waals surface area contributed by atoms with Gasteiger partial charge in [-0.25, -0.2) is 8.42 Å². The minimum atomic E-state index is -4.18. The smallest absolute Gasteiger partial charge is 0.264 e. The lowest BCUT2D eigenvalue weighted by atomic mass is 10.0. The van der Waals surface area contributed by atoms with E-state index in [1.807, 2.05) is 44.2 Å². The summed E-state index contributed by atoms with van der Waals surface area (Å²) in [6.07, 6.45) is 0.210. The molecule has 0 spiro atoms. The minimum absolute atomic E-state index is 0.0125. The van der Waals surface area contributed by atoms with E-state index in [0.29, 0.717) is 15.6 Å². The SMILES string of the molecule is CC(C)NC(=O)C(Cc1ccccc1)N(Cc1ccccc1Cl)C(=O)CN(c1ccc(Cl)cc1)S(=O)(=O)c1ccccc1. The molecular weight excluding hydrogens is 605 g/mol. The maximum atomic E-state index is 14.4. The Labute approximate surface area is 263 Å². The average Bonchev–Trinajstić information content (AvgIpc) is 2.99. The zero-order chi connectivity index (χ0) is 31.0. The van der Waals surface area contributed by atoms with Crippen molar-refractivity contribution in [3.63, 3.8) is 0 Å². The highest BCUT2D eigenvalue weighted by atomic mass is 35.5. The van der Waals surface area contributed by atoms with E-state index >= 15 is 0 Å². The number of carbonyl (C=O) groups excluding carboxylic acids is 2. The topological polar surface area (TPSA) is 86.8 Å². The fraction of sp³-hybridized carbons (Fsp3) is 0.212. The van der Waals surface area contributed by atoms with Crippen LogP contribution in [-0.2, 0) is 32.6 Å². The largest absolute Gasteiger partial charge is 0.352 e. The maximum absolute atomic E-state index is 14.4. The van der Waals surface area contributed by atoms with Gasteiger partial charge in [0.1, 0.15) is 12.6 Å². The number of benzene rings is 4. The van der Waals surface area contributed by atoms with Crippen LogP contribution in [0.15, 0.2) is 114 Å². The van der Waals surface area contributed by atoms with Gasteiger partial charge in [-0.05, 0) is 67.4 Å². The van der Waals surface area contributed by atoms with Crippen LogP contribution < -0.4 is 9.62 Å². The number of carbonyl (C=O) groups is 2. The van der Waals surface area contributed by atoms with Crippen LogP contribution in [0.25, 0.3) is 0 Å². The molecule has 7 nitrogen and oxygen atoms in total. The highest BCUT2D eigenvalue weighted by molar-refractivity contribution is 7.92. The van der Waals surface area contributed by atoms with E-state index in [-0.39, 0.29) is 35.5 Å². The molecule has 43 heavy (non-hydrogen) atoms. The summed E-state index contributed by atoms with van der Waals surface area (Å²) < 4.78 is 28.9. The molecule has 224 valence electrons. The summed E-state index contributed by atoms with van der Waals surface area (Å²) in [6, 6.07) is 29.4. The molecule has 2 amide bonds. The van der Waals surface area contributed by atoms with E-state index in [9.17, 15) is 18.0 Å². The summed E-state index contributed by atoms with van der Waals surface area (Å²) in [5.74, 6) is -0.933. The van der Waals surface area contributed by atoms with Crippen molar-refractivity contribution in [2.45, 2.75) is 43.8 Å². The lowest BCUT2D eigenvalue weighted by Gasteiger charge is -2.34. The van der Waals surface area contributed by atoms with Crippen molar-refractivity contribution in [1.82, 2.24) is 10.2 Å². The number of anilines is 1. The second kappa shape index (κ2) is 14.6. The van der Waals surface area contributed by atoms with Gasteiger partial charge in [-0.3, -0.25) is 13.9 Å². The number of nitrogens with zero attached hydrogens (tertiary/aromatic N) is 2. The number of nitrogens with one attached hydrogen (secondary N) is 1. The summed E-state index contributed by atoms with van der Waals surface area (Å²) in [7, 11) is -4.18. The van der Waals surface area contributed by atoms with Gasteiger partial charge < -0.3 is 10.2 Å². The summed E-state index contributed by atoms with van der Waals surface area (Å²) in [4.78, 5) is 29.5. The molecule has 1 atom stereocenters. The van der Waals surface area contributed by atoms with Gasteiger partial charge in [0.05, 0.1) is 10.6 Å². The highest BCUT2D eigenvalue weighted by Crippen LogP contribution is 2.27. The molecule has 0 radical (unpaired) electrons. The first-order valence-electron chi connectivity index (χ1n) is 13.8. The van der Waals surface area contributed by atoms with Crippen LogP contribution in [0.1, 0.15) is 25.0 Å². The quantitative estimate of drug-likeness (QED) is 0.196. The zero-order valence-corrected chi connectivity index (χ0v) is 26.2. The van der Waals surface area contributed by atoms with Crippen LogP contribution >= 0.6 is 23.2 Å². The molecule has 0 aromatic heterocycles. The minimum Gasteiger partial charge on any atom is -0.352 e. The predicted octanol–water partition coefficient (Wildman–Crippen LogP) is 6.35. The van der Waals surface area contributed by atoms with E-state index in [4.69, 9.17) is 23.2 Å². The van der Waals surface area contributed by atoms with Crippen molar-refractivity contribution in [2.24, 2.45) is 0 Å². The second-order valence-corrected chi connectivity index (χ2v) is 13.0. The third-order valence-corrected chi connectivity index (χ3v) is 9.13. The first kappa shape index (κ1) is 32.1. The number of hydrogen-bond donors (Lipinski definition) is 1. The Kier molecular flexibility index (Phi) is 10.9. The van der Waals surface area contributed by atoms with Crippen LogP contribution in [-0.4, -0.2) is 43.8 Å². The number of rotatable bonds is 12. The average molecular weight is 639 g/mol. The molecule has 1 N–H and O–H groups in total. The van der Waals surface area contributed by atoms with E-state index in [0.717, 1.165) is 9.87 Å². The molecule has 10 heteroatoms. The molecular formula is C33H33Cl2N3O4S. The van der Waals surface area contributed by atoms with Crippen LogP contribution in [0.3, 0.4) is 0 Å². The molecule has 1 unspecified atom stereocenters. The fourth-order valence-corrected chi connectivity index (χ4v) is 6.36. The molecule has 0 heterocycles. The fourth-order valence-electron chi connectivity index (χ4n) is 4.60. The summed E-state index contributed by atoms with van der Waals surface area (Å²) in [5.41, 5.74) is 1.72. The maximum Gasteiger partial charge on any atom is 0.264 e. The number of amides is 2. The Morgan fingerprint density at radius 3 is 1.98 bits per heavy atom. The lowest BCUT2D eigenvalue weighted by molar-refractivity contribution is -0.140. The Balaban J connectivity index is 1.80. The second-order valence-electron chi connectivity index (χ2n) is 10.3. The molecule has 4 aromatic carbocycles. The Bertz CT molecular complexity index is 1630. The van der Waals surface area contributed by atoms with Gasteiger partial charge in [0.15, 0.2) is 0 Å². The number of hydrogen-bond acceptors (Lipinski definition) is 4. The molecule has 4 aromatic rings. The molecule has 0 saturated carbocycles. The van der Waals surface area contributed by atoms with Crippen LogP contribution in [0.4, 0.5) is 5.69 Å². The third-order valence-electron chi connectivity index (χ3n) is 6.73. The Hall–Kier alpha value is -3.85. The molecule has 0 fully saturated rings. The Morgan fingerprint density at radius 2 is 1.37 bits per heavy atom. The van der Waals surface area contributed by atoms with Crippen LogP contribution in [0, 0.1) is 0 Å². The molecule has 0 saturated heterocycles. The first-order chi connectivity index (χ1) is 20.6. The van der Waals surface area contributed by atoms with Gasteiger partial charge in [0, 0.05) is 29.1 Å². The summed E-state index contributed by atoms with van der Waals surface area (Å²) in [5, 5.41) is 3.78. The van der Waals surface area contributed by atoms with Crippen molar-refractivity contribution in [3.05, 3.63) is 130 Å². The van der Waals surface area contributed by atoms with Gasteiger partial charge >= 0.3 is 0 Å². The highest BCUT2D eigenvalue weighted by Gasteiger charge is 2.35. The van der Waals surface area contributed by atoms with Crippen molar-refractivity contribution in [2.75, 3.05) is 10.8 Å². The number of sulfonamides is 1. The van der Waals surface area contributed by atoms with Crippen molar-refractivity contribution in [3.8, 4) is 0 Å². The zero-order valence-electron chi connectivity index (χ0n) is 23.9. The first-order valence-corrected chi connectivity index (χ1v) is 16.0. The third kappa shape index (κ3) is 8.38. The molecule has 0 bridgehead atoms. The van der Waals surface area contributed by atoms with E-state index in [2.05, 4.69) is 5.32 Å². The lowest BCUT2D eigenvalue weighted by Crippen LogP contribution is -2.54.